The Balaban J connectivity index is 1.48. The molecule has 0 aliphatic carbocycles. The van der Waals surface area contributed by atoms with Crippen molar-refractivity contribution in [3.63, 3.8) is 0 Å². The van der Waals surface area contributed by atoms with Crippen molar-refractivity contribution in [2.24, 2.45) is 5.92 Å². The van der Waals surface area contributed by atoms with Crippen LogP contribution in [0.4, 0.5) is 4.39 Å². The molecule has 2 N–H and O–H groups in total. The van der Waals surface area contributed by atoms with Crippen LogP contribution in [0, 0.1) is 11.7 Å². The van der Waals surface area contributed by atoms with E-state index in [1.54, 1.807) is 13.0 Å². The van der Waals surface area contributed by atoms with Gasteiger partial charge >= 0.3 is 0 Å². The quantitative estimate of drug-likeness (QED) is 0.372. The fraction of sp³-hybridized carbons (Fsp3) is 0.355. The number of allylic oxidation sites excluding steroid dienone is 1. The maximum absolute atomic E-state index is 15.1. The van der Waals surface area contributed by atoms with E-state index in [1.165, 1.54) is 30.7 Å². The van der Waals surface area contributed by atoms with Crippen molar-refractivity contribution < 1.29 is 32.5 Å². The van der Waals surface area contributed by atoms with Gasteiger partial charge in [-0.2, -0.15) is 0 Å². The van der Waals surface area contributed by atoms with E-state index in [-0.39, 0.29) is 16.2 Å². The Kier molecular flexibility index (Phi) is 7.54. The molecule has 0 amide bonds. The predicted molar refractivity (Wildman–Crippen MR) is 152 cm³/mol. The summed E-state index contributed by atoms with van der Waals surface area (Å²) in [5.74, 6) is -0.0384. The predicted octanol–water partition coefficient (Wildman–Crippen LogP) is 5.81. The molecular formula is C31H34FNO6S. The van der Waals surface area contributed by atoms with E-state index in [2.05, 4.69) is 18.7 Å². The summed E-state index contributed by atoms with van der Waals surface area (Å²) in [6, 6.07) is 14.8. The third-order valence-corrected chi connectivity index (χ3v) is 8.94. The van der Waals surface area contributed by atoms with Crippen molar-refractivity contribution >= 4 is 21.0 Å². The van der Waals surface area contributed by atoms with E-state index >= 15 is 4.39 Å². The summed E-state index contributed by atoms with van der Waals surface area (Å²) in [7, 11) is -3.65. The third kappa shape index (κ3) is 5.40. The molecule has 2 aliphatic heterocycles. The average Bonchev–Trinajstić information content (AvgIpc) is 3.35. The maximum atomic E-state index is 15.1. The summed E-state index contributed by atoms with van der Waals surface area (Å²) in [6.45, 7) is 8.88. The molecule has 3 aromatic rings. The molecule has 212 valence electrons. The molecule has 1 fully saturated rings. The molecule has 3 unspecified atom stereocenters. The lowest BCUT2D eigenvalue weighted by atomic mass is 9.86. The van der Waals surface area contributed by atoms with Crippen LogP contribution in [0.25, 0.3) is 11.1 Å². The number of aromatic hydroxyl groups is 2. The molecule has 1 saturated heterocycles. The second kappa shape index (κ2) is 10.8. The van der Waals surface area contributed by atoms with E-state index in [1.807, 2.05) is 24.3 Å². The topological polar surface area (TPSA) is 96.3 Å². The Morgan fingerprint density at radius 2 is 1.82 bits per heavy atom. The highest BCUT2D eigenvalue weighted by atomic mass is 32.2. The van der Waals surface area contributed by atoms with Crippen LogP contribution in [0.1, 0.15) is 50.0 Å². The first-order chi connectivity index (χ1) is 18.9. The largest absolute Gasteiger partial charge is 0.507 e. The van der Waals surface area contributed by atoms with Crippen molar-refractivity contribution in [2.75, 3.05) is 26.0 Å². The number of benzene rings is 3. The maximum Gasteiger partial charge on any atom is 0.179 e. The van der Waals surface area contributed by atoms with Crippen LogP contribution in [0.2, 0.25) is 0 Å². The van der Waals surface area contributed by atoms with Crippen molar-refractivity contribution in [1.29, 1.82) is 0 Å². The van der Waals surface area contributed by atoms with Gasteiger partial charge in [0.2, 0.25) is 0 Å². The number of hydrogen-bond donors (Lipinski definition) is 2. The van der Waals surface area contributed by atoms with Gasteiger partial charge in [-0.25, -0.2) is 12.8 Å². The van der Waals surface area contributed by atoms with Gasteiger partial charge in [0.25, 0.3) is 0 Å². The second-order valence-electron chi connectivity index (χ2n) is 10.9. The zero-order chi connectivity index (χ0) is 28.8. The lowest BCUT2D eigenvalue weighted by Crippen LogP contribution is -2.35. The Morgan fingerprint density at radius 1 is 1.10 bits per heavy atom. The number of phenols is 2. The van der Waals surface area contributed by atoms with Crippen LogP contribution in [-0.2, 0) is 9.84 Å². The van der Waals surface area contributed by atoms with Crippen molar-refractivity contribution in [2.45, 2.75) is 44.2 Å². The number of fused-ring (bicyclic) bond motifs is 1. The summed E-state index contributed by atoms with van der Waals surface area (Å²) >= 11 is 0. The number of rotatable bonds is 7. The van der Waals surface area contributed by atoms with Crippen LogP contribution in [0.3, 0.4) is 0 Å². The fourth-order valence-corrected chi connectivity index (χ4v) is 6.30. The number of nitrogens with zero attached hydrogens (tertiary/aromatic N) is 1. The summed E-state index contributed by atoms with van der Waals surface area (Å²) in [5, 5.41) is 20.6. The number of likely N-dealkylation sites (tertiary alicyclic amines) is 1. The third-order valence-electron chi connectivity index (χ3n) is 7.79. The molecule has 7 nitrogen and oxygen atoms in total. The van der Waals surface area contributed by atoms with E-state index < -0.39 is 33.3 Å². The van der Waals surface area contributed by atoms with Gasteiger partial charge in [-0.05, 0) is 85.8 Å². The monoisotopic (exact) mass is 567 g/mol. The molecule has 0 bridgehead atoms. The fourth-order valence-electron chi connectivity index (χ4n) is 5.54. The molecule has 0 radical (unpaired) electrons. The van der Waals surface area contributed by atoms with Gasteiger partial charge in [-0.3, -0.25) is 4.90 Å². The summed E-state index contributed by atoms with van der Waals surface area (Å²) in [4.78, 5) is 2.24. The van der Waals surface area contributed by atoms with Gasteiger partial charge in [0.1, 0.15) is 34.9 Å². The average molecular weight is 568 g/mol. The van der Waals surface area contributed by atoms with Gasteiger partial charge in [0.15, 0.2) is 21.4 Å². The second-order valence-corrected chi connectivity index (χ2v) is 12.9. The molecule has 2 aliphatic rings. The number of halogens is 1. The first kappa shape index (κ1) is 28.0. The van der Waals surface area contributed by atoms with E-state index in [4.69, 9.17) is 9.47 Å². The number of phenolic OH excluding ortho intramolecular Hbond substituents is 2. The number of ether oxygens (including phenoxy) is 2. The summed E-state index contributed by atoms with van der Waals surface area (Å²) in [5.41, 5.74) is 2.38. The minimum atomic E-state index is -3.65. The number of sulfone groups is 1. The highest BCUT2D eigenvalue weighted by molar-refractivity contribution is 7.90. The zero-order valence-electron chi connectivity index (χ0n) is 23.0. The zero-order valence-corrected chi connectivity index (χ0v) is 23.8. The SMILES string of the molecule is CC1=C(c2ccc(S(C)(=O)=O)c(O)c2)C(c2ccc(OCC(C)N3CCC(C)C3)cc2)Oc2ccc(O)c(F)c21. The normalized spacial score (nSPS) is 20.2. The van der Waals surface area contributed by atoms with Crippen molar-refractivity contribution in [3.05, 3.63) is 77.1 Å². The Labute approximate surface area is 234 Å². The van der Waals surface area contributed by atoms with Gasteiger partial charge in [-0.15, -0.1) is 0 Å². The molecule has 2 heterocycles. The lowest BCUT2D eigenvalue weighted by molar-refractivity contribution is 0.169. The van der Waals surface area contributed by atoms with Crippen molar-refractivity contribution in [1.82, 2.24) is 4.90 Å². The minimum Gasteiger partial charge on any atom is -0.507 e. The lowest BCUT2D eigenvalue weighted by Gasteiger charge is -2.31. The molecule has 9 heteroatoms. The van der Waals surface area contributed by atoms with E-state index in [9.17, 15) is 18.6 Å². The molecule has 0 saturated carbocycles. The summed E-state index contributed by atoms with van der Waals surface area (Å²) in [6.07, 6.45) is 1.53. The van der Waals surface area contributed by atoms with Crippen LogP contribution < -0.4 is 9.47 Å². The van der Waals surface area contributed by atoms with Crippen molar-refractivity contribution in [3.8, 4) is 23.0 Å². The van der Waals surface area contributed by atoms with E-state index in [0.29, 0.717) is 41.0 Å². The molecule has 3 aromatic carbocycles. The standard InChI is InChI=1S/C31H34FNO6S/c1-18-13-14-33(16-18)19(2)17-38-23-8-5-21(6-9-23)31-28(22-7-12-27(25(35)15-22)40(4,36)37)20(3)29-26(39-31)11-10-24(34)30(29)32/h5-12,15,18-19,31,34-35H,13-14,16-17H2,1-4H3. The molecule has 3 atom stereocenters. The molecule has 40 heavy (non-hydrogen) atoms. The highest BCUT2D eigenvalue weighted by Crippen LogP contribution is 2.49. The Morgan fingerprint density at radius 3 is 2.45 bits per heavy atom. The number of hydrogen-bond acceptors (Lipinski definition) is 7. The minimum absolute atomic E-state index is 0.114. The van der Waals surface area contributed by atoms with Crippen LogP contribution >= 0.6 is 0 Å². The Hall–Kier alpha value is -3.56. The highest BCUT2D eigenvalue weighted by Gasteiger charge is 2.33. The molecule has 0 aromatic heterocycles. The van der Waals surface area contributed by atoms with Crippen LogP contribution in [0.15, 0.2) is 59.5 Å². The van der Waals surface area contributed by atoms with Gasteiger partial charge < -0.3 is 19.7 Å². The van der Waals surface area contributed by atoms with Crippen LogP contribution in [-0.4, -0.2) is 55.5 Å². The van der Waals surface area contributed by atoms with E-state index in [0.717, 1.165) is 24.9 Å². The van der Waals surface area contributed by atoms with Gasteiger partial charge in [0.05, 0.1) is 5.56 Å². The first-order valence-electron chi connectivity index (χ1n) is 13.3. The summed E-state index contributed by atoms with van der Waals surface area (Å²) < 4.78 is 51.6. The molecular weight excluding hydrogens is 533 g/mol. The smallest absolute Gasteiger partial charge is 0.179 e. The van der Waals surface area contributed by atoms with Crippen LogP contribution in [0.5, 0.6) is 23.0 Å². The Bertz CT molecular complexity index is 1570. The molecule has 0 spiro atoms. The van der Waals surface area contributed by atoms with Gasteiger partial charge in [-0.1, -0.05) is 25.1 Å². The van der Waals surface area contributed by atoms with Gasteiger partial charge in [0, 0.05) is 24.4 Å². The first-order valence-corrected chi connectivity index (χ1v) is 15.2. The molecule has 5 rings (SSSR count).